The van der Waals surface area contributed by atoms with Crippen LogP contribution in [0, 0.1) is 4.91 Å². The van der Waals surface area contributed by atoms with Crippen molar-refractivity contribution >= 4 is 0 Å². The predicted molar refractivity (Wildman–Crippen MR) is 44.0 cm³/mol. The number of nitrogens with zero attached hydrogens (tertiary/aromatic N) is 1. The molecule has 0 rings (SSSR count). The summed E-state index contributed by atoms with van der Waals surface area (Å²) in [5, 5.41) is 2.18. The van der Waals surface area contributed by atoms with Crippen molar-refractivity contribution in [2.24, 2.45) is 5.18 Å². The maximum absolute atomic E-state index is 12.8. The molecule has 0 spiro atoms. The summed E-state index contributed by atoms with van der Waals surface area (Å²) in [5.74, 6) is -0.928. The predicted octanol–water partition coefficient (Wildman–Crippen LogP) is 3.85. The highest BCUT2D eigenvalue weighted by Crippen LogP contribution is 2.20. The van der Waals surface area contributed by atoms with E-state index < -0.39 is 17.7 Å². The first kappa shape index (κ1) is 12.8. The molecule has 0 aliphatic carbocycles. The molecule has 0 saturated carbocycles. The number of allylic oxidation sites excluding steroid dienone is 3. The van der Waals surface area contributed by atoms with E-state index in [1.54, 1.807) is 6.92 Å². The molecular weight excluding hydrogens is 202 g/mol. The van der Waals surface area contributed by atoms with Gasteiger partial charge in [-0.05, 0) is 17.7 Å². The van der Waals surface area contributed by atoms with Gasteiger partial charge in [0, 0.05) is 12.5 Å². The van der Waals surface area contributed by atoms with Crippen molar-refractivity contribution < 1.29 is 17.6 Å². The second kappa shape index (κ2) is 5.51. The van der Waals surface area contributed by atoms with E-state index in [4.69, 9.17) is 0 Å². The normalized spacial score (nSPS) is 14.4. The first-order valence-corrected chi connectivity index (χ1v) is 3.88. The SMILES string of the molecule is CCC/C(F)=C(\C=C\C(F)(F)F)N=O. The van der Waals surface area contributed by atoms with Crippen LogP contribution in [0.3, 0.4) is 0 Å². The van der Waals surface area contributed by atoms with Gasteiger partial charge in [-0.3, -0.25) is 0 Å². The van der Waals surface area contributed by atoms with Crippen molar-refractivity contribution in [2.45, 2.75) is 25.9 Å². The van der Waals surface area contributed by atoms with Crippen LogP contribution in [0.5, 0.6) is 0 Å². The lowest BCUT2D eigenvalue weighted by molar-refractivity contribution is -0.0798. The van der Waals surface area contributed by atoms with Crippen molar-refractivity contribution in [3.05, 3.63) is 28.6 Å². The smallest absolute Gasteiger partial charge is 0.209 e. The maximum atomic E-state index is 12.8. The Bertz CT molecular complexity index is 255. The van der Waals surface area contributed by atoms with Gasteiger partial charge in [0.05, 0.1) is 0 Å². The fourth-order valence-corrected chi connectivity index (χ4v) is 0.691. The largest absolute Gasteiger partial charge is 0.409 e. The molecule has 0 aromatic rings. The fraction of sp³-hybridized carbons (Fsp3) is 0.500. The number of alkyl halides is 3. The molecule has 0 saturated heterocycles. The lowest BCUT2D eigenvalue weighted by atomic mass is 10.2. The van der Waals surface area contributed by atoms with E-state index in [9.17, 15) is 22.5 Å². The lowest BCUT2D eigenvalue weighted by Gasteiger charge is -1.98. The van der Waals surface area contributed by atoms with Gasteiger partial charge in [-0.15, -0.1) is 4.91 Å². The highest BCUT2D eigenvalue weighted by atomic mass is 19.4. The maximum Gasteiger partial charge on any atom is 0.409 e. The lowest BCUT2D eigenvalue weighted by Crippen LogP contribution is -2.00. The van der Waals surface area contributed by atoms with Gasteiger partial charge in [0.1, 0.15) is 11.5 Å². The zero-order chi connectivity index (χ0) is 11.2. The molecule has 14 heavy (non-hydrogen) atoms. The van der Waals surface area contributed by atoms with Crippen LogP contribution in [0.25, 0.3) is 0 Å². The second-order valence-corrected chi connectivity index (χ2v) is 2.51. The van der Waals surface area contributed by atoms with Gasteiger partial charge in [0.15, 0.2) is 0 Å². The Hall–Kier alpha value is -1.20. The summed E-state index contributed by atoms with van der Waals surface area (Å²) in [6, 6.07) is 0. The summed E-state index contributed by atoms with van der Waals surface area (Å²) in [4.78, 5) is 9.97. The Balaban J connectivity index is 4.66. The van der Waals surface area contributed by atoms with Crippen molar-refractivity contribution in [2.75, 3.05) is 0 Å². The minimum atomic E-state index is -4.57. The van der Waals surface area contributed by atoms with Gasteiger partial charge in [-0.25, -0.2) is 4.39 Å². The zero-order valence-corrected chi connectivity index (χ0v) is 7.44. The van der Waals surface area contributed by atoms with Crippen LogP contribution in [-0.2, 0) is 0 Å². The first-order chi connectivity index (χ1) is 6.40. The summed E-state index contributed by atoms with van der Waals surface area (Å²) in [5.41, 5.74) is -0.802. The highest BCUT2D eigenvalue weighted by Gasteiger charge is 2.22. The van der Waals surface area contributed by atoms with E-state index in [-0.39, 0.29) is 12.5 Å². The third-order valence-corrected chi connectivity index (χ3v) is 1.28. The van der Waals surface area contributed by atoms with Gasteiger partial charge in [-0.1, -0.05) is 6.92 Å². The molecule has 0 amide bonds. The molecule has 0 N–H and O–H groups in total. The molecule has 2 nitrogen and oxygen atoms in total. The van der Waals surface area contributed by atoms with Crippen molar-refractivity contribution in [3.63, 3.8) is 0 Å². The van der Waals surface area contributed by atoms with E-state index in [1.165, 1.54) is 0 Å². The molecule has 0 radical (unpaired) electrons. The number of rotatable bonds is 4. The third kappa shape index (κ3) is 5.45. The number of hydrogen-bond acceptors (Lipinski definition) is 2. The minimum Gasteiger partial charge on any atom is -0.209 e. The summed E-state index contributed by atoms with van der Waals surface area (Å²) < 4.78 is 47.7. The second-order valence-electron chi connectivity index (χ2n) is 2.51. The minimum absolute atomic E-state index is 0.0940. The average Bonchev–Trinajstić information content (AvgIpc) is 2.03. The van der Waals surface area contributed by atoms with Crippen LogP contribution in [0.1, 0.15) is 19.8 Å². The fourth-order valence-electron chi connectivity index (χ4n) is 0.691. The summed E-state index contributed by atoms with van der Waals surface area (Å²) in [6.45, 7) is 1.63. The van der Waals surface area contributed by atoms with Gasteiger partial charge in [0.2, 0.25) is 0 Å². The van der Waals surface area contributed by atoms with Crippen molar-refractivity contribution in [1.82, 2.24) is 0 Å². The Morgan fingerprint density at radius 1 is 1.43 bits per heavy atom. The monoisotopic (exact) mass is 211 g/mol. The molecule has 0 fully saturated rings. The molecular formula is C8H9F4NO. The van der Waals surface area contributed by atoms with Crippen LogP contribution in [0.2, 0.25) is 0 Å². The van der Waals surface area contributed by atoms with Gasteiger partial charge in [-0.2, -0.15) is 13.2 Å². The van der Waals surface area contributed by atoms with E-state index in [0.29, 0.717) is 12.5 Å². The molecule has 6 heteroatoms. The van der Waals surface area contributed by atoms with Crippen LogP contribution in [0.4, 0.5) is 17.6 Å². The zero-order valence-electron chi connectivity index (χ0n) is 7.44. The van der Waals surface area contributed by atoms with E-state index in [2.05, 4.69) is 5.18 Å². The number of halogens is 4. The van der Waals surface area contributed by atoms with E-state index in [1.807, 2.05) is 0 Å². The molecule has 0 atom stereocenters. The van der Waals surface area contributed by atoms with Gasteiger partial charge >= 0.3 is 6.18 Å². The summed E-state index contributed by atoms with van der Waals surface area (Å²) in [7, 11) is 0. The molecule has 0 bridgehead atoms. The molecule has 0 unspecified atom stereocenters. The van der Waals surface area contributed by atoms with Crippen LogP contribution >= 0.6 is 0 Å². The Labute approximate surface area is 78.3 Å². The summed E-state index contributed by atoms with van der Waals surface area (Å²) >= 11 is 0. The van der Waals surface area contributed by atoms with Crippen LogP contribution in [0.15, 0.2) is 28.9 Å². The molecule has 0 aliphatic heterocycles. The Morgan fingerprint density at radius 2 is 2.00 bits per heavy atom. The standard InChI is InChI=1S/C8H9F4NO/c1-2-3-6(9)7(13-14)4-5-8(10,11)12/h4-5H,2-3H2,1H3/b5-4+,7-6-. The average molecular weight is 211 g/mol. The quantitative estimate of drug-likeness (QED) is 0.394. The molecule has 0 aromatic heterocycles. The number of hydrogen-bond donors (Lipinski definition) is 0. The van der Waals surface area contributed by atoms with E-state index >= 15 is 0 Å². The summed E-state index contributed by atoms with van der Waals surface area (Å²) in [6.07, 6.45) is -4.16. The van der Waals surface area contributed by atoms with Crippen LogP contribution in [-0.4, -0.2) is 6.18 Å². The van der Waals surface area contributed by atoms with Gasteiger partial charge < -0.3 is 0 Å². The highest BCUT2D eigenvalue weighted by molar-refractivity contribution is 5.21. The van der Waals surface area contributed by atoms with Crippen LogP contribution < -0.4 is 0 Å². The Kier molecular flexibility index (Phi) is 5.04. The third-order valence-electron chi connectivity index (χ3n) is 1.28. The first-order valence-electron chi connectivity index (χ1n) is 3.88. The topological polar surface area (TPSA) is 29.4 Å². The van der Waals surface area contributed by atoms with E-state index in [0.717, 1.165) is 0 Å². The van der Waals surface area contributed by atoms with Gasteiger partial charge in [0.25, 0.3) is 0 Å². The van der Waals surface area contributed by atoms with Crippen molar-refractivity contribution in [3.8, 4) is 0 Å². The number of nitroso groups, excluding NO2 is 1. The molecule has 0 heterocycles. The van der Waals surface area contributed by atoms with Crippen molar-refractivity contribution in [1.29, 1.82) is 0 Å². The molecule has 0 aliphatic rings. The molecule has 80 valence electrons. The molecule has 0 aromatic carbocycles. The Morgan fingerprint density at radius 3 is 2.36 bits per heavy atom.